The normalized spacial score (nSPS) is 15.9. The van der Waals surface area contributed by atoms with Gasteiger partial charge in [0.05, 0.1) is 18.8 Å². The van der Waals surface area contributed by atoms with Crippen LogP contribution in [0.3, 0.4) is 0 Å². The first-order valence-electron chi connectivity index (χ1n) is 6.33. The lowest BCUT2D eigenvalue weighted by molar-refractivity contribution is -0.142. The van der Waals surface area contributed by atoms with Crippen molar-refractivity contribution in [2.24, 2.45) is 0 Å². The number of anilines is 1. The third-order valence-electron chi connectivity index (χ3n) is 3.02. The van der Waals surface area contributed by atoms with Crippen molar-refractivity contribution in [2.75, 3.05) is 38.6 Å². The van der Waals surface area contributed by atoms with E-state index in [4.69, 9.17) is 15.2 Å². The first-order chi connectivity index (χ1) is 9.88. The number of hydrogen-bond acceptors (Lipinski definition) is 4. The first-order valence-corrected chi connectivity index (χ1v) is 6.33. The highest BCUT2D eigenvalue weighted by atomic mass is 19.4. The number of nitrogens with zero attached hydrogens (tertiary/aromatic N) is 1. The number of carbonyl (C=O) groups excluding carboxylic acids is 1. The maximum atomic E-state index is 12.9. The third-order valence-corrected chi connectivity index (χ3v) is 3.02. The first kappa shape index (κ1) is 15.4. The molecule has 1 heterocycles. The molecule has 0 bridgehead atoms. The lowest BCUT2D eigenvalue weighted by atomic mass is 10.1. The summed E-state index contributed by atoms with van der Waals surface area (Å²) in [6.07, 6.45) is -4.59. The SMILES string of the molecule is Nc1ccc(OCC(=O)N2CCOCC2)c(C(F)(F)F)c1. The summed E-state index contributed by atoms with van der Waals surface area (Å²) in [5, 5.41) is 0. The molecule has 0 spiro atoms. The predicted octanol–water partition coefficient (Wildman–Crippen LogP) is 1.53. The van der Waals surface area contributed by atoms with Gasteiger partial charge in [0.15, 0.2) is 6.61 Å². The summed E-state index contributed by atoms with van der Waals surface area (Å²) in [6.45, 7) is 1.21. The smallest absolute Gasteiger partial charge is 0.420 e. The molecule has 1 saturated heterocycles. The Morgan fingerprint density at radius 3 is 2.62 bits per heavy atom. The lowest BCUT2D eigenvalue weighted by Gasteiger charge is -2.27. The molecule has 8 heteroatoms. The zero-order chi connectivity index (χ0) is 15.5. The molecule has 0 unspecified atom stereocenters. The van der Waals surface area contributed by atoms with E-state index >= 15 is 0 Å². The molecule has 0 aliphatic carbocycles. The van der Waals surface area contributed by atoms with Crippen molar-refractivity contribution in [1.82, 2.24) is 4.90 Å². The molecule has 0 radical (unpaired) electrons. The minimum atomic E-state index is -4.59. The Hall–Kier alpha value is -1.96. The number of halogens is 3. The minimum absolute atomic E-state index is 0.0193. The van der Waals surface area contributed by atoms with Gasteiger partial charge in [-0.15, -0.1) is 0 Å². The van der Waals surface area contributed by atoms with Crippen LogP contribution < -0.4 is 10.5 Å². The van der Waals surface area contributed by atoms with Gasteiger partial charge >= 0.3 is 6.18 Å². The molecule has 2 rings (SSSR count). The number of morpholine rings is 1. The van der Waals surface area contributed by atoms with Crippen molar-refractivity contribution < 1.29 is 27.4 Å². The van der Waals surface area contributed by atoms with E-state index < -0.39 is 24.1 Å². The Kier molecular flexibility index (Phi) is 4.56. The van der Waals surface area contributed by atoms with Crippen LogP contribution in [0, 0.1) is 0 Å². The van der Waals surface area contributed by atoms with E-state index in [0.717, 1.165) is 12.1 Å². The van der Waals surface area contributed by atoms with Crippen molar-refractivity contribution >= 4 is 11.6 Å². The van der Waals surface area contributed by atoms with E-state index in [1.54, 1.807) is 0 Å². The molecule has 2 N–H and O–H groups in total. The Morgan fingerprint density at radius 2 is 2.00 bits per heavy atom. The molecule has 21 heavy (non-hydrogen) atoms. The maximum Gasteiger partial charge on any atom is 0.420 e. The fourth-order valence-corrected chi connectivity index (χ4v) is 1.94. The van der Waals surface area contributed by atoms with Crippen molar-refractivity contribution in [3.8, 4) is 5.75 Å². The Morgan fingerprint density at radius 1 is 1.33 bits per heavy atom. The number of nitrogens with two attached hydrogens (primary N) is 1. The molecule has 1 aromatic carbocycles. The van der Waals surface area contributed by atoms with Gasteiger partial charge in [0.2, 0.25) is 0 Å². The van der Waals surface area contributed by atoms with E-state index in [9.17, 15) is 18.0 Å². The van der Waals surface area contributed by atoms with Gasteiger partial charge in [-0.25, -0.2) is 0 Å². The van der Waals surface area contributed by atoms with Gasteiger partial charge in [0, 0.05) is 18.8 Å². The van der Waals surface area contributed by atoms with E-state index in [0.29, 0.717) is 26.3 Å². The van der Waals surface area contributed by atoms with Gasteiger partial charge in [-0.2, -0.15) is 13.2 Å². The Labute approximate surface area is 119 Å². The zero-order valence-corrected chi connectivity index (χ0v) is 11.2. The van der Waals surface area contributed by atoms with Gasteiger partial charge in [-0.1, -0.05) is 0 Å². The average molecular weight is 304 g/mol. The number of alkyl halides is 3. The number of amides is 1. The van der Waals surface area contributed by atoms with Crippen LogP contribution in [0.1, 0.15) is 5.56 Å². The van der Waals surface area contributed by atoms with E-state index in [1.807, 2.05) is 0 Å². The standard InChI is InChI=1S/C13H15F3N2O3/c14-13(15,16)10-7-9(17)1-2-11(10)21-8-12(19)18-3-5-20-6-4-18/h1-2,7H,3-6,8,17H2. The van der Waals surface area contributed by atoms with Gasteiger partial charge in [0.1, 0.15) is 5.75 Å². The molecule has 0 atom stereocenters. The van der Waals surface area contributed by atoms with Gasteiger partial charge in [-0.3, -0.25) is 4.79 Å². The summed E-state index contributed by atoms with van der Waals surface area (Å²) in [5.74, 6) is -0.776. The second-order valence-electron chi connectivity index (χ2n) is 4.54. The molecule has 0 aromatic heterocycles. The van der Waals surface area contributed by atoms with Crippen LogP contribution in [0.15, 0.2) is 18.2 Å². The van der Waals surface area contributed by atoms with Crippen LogP contribution in [0.5, 0.6) is 5.75 Å². The summed E-state index contributed by atoms with van der Waals surface area (Å²) in [6, 6.07) is 3.20. The molecular weight excluding hydrogens is 289 g/mol. The fourth-order valence-electron chi connectivity index (χ4n) is 1.94. The summed E-state index contributed by atoms with van der Waals surface area (Å²) < 4.78 is 48.7. The largest absolute Gasteiger partial charge is 0.483 e. The highest BCUT2D eigenvalue weighted by molar-refractivity contribution is 5.78. The highest BCUT2D eigenvalue weighted by Gasteiger charge is 2.35. The quantitative estimate of drug-likeness (QED) is 0.860. The van der Waals surface area contributed by atoms with Gasteiger partial charge in [-0.05, 0) is 18.2 Å². The Balaban J connectivity index is 2.04. The van der Waals surface area contributed by atoms with Crippen LogP contribution in [-0.4, -0.2) is 43.7 Å². The van der Waals surface area contributed by atoms with Crippen LogP contribution in [0.25, 0.3) is 0 Å². The molecular formula is C13H15F3N2O3. The third kappa shape index (κ3) is 4.01. The summed E-state index contributed by atoms with van der Waals surface area (Å²) >= 11 is 0. The molecule has 1 fully saturated rings. The lowest BCUT2D eigenvalue weighted by Crippen LogP contribution is -2.43. The van der Waals surface area contributed by atoms with Crippen molar-refractivity contribution in [3.05, 3.63) is 23.8 Å². The molecule has 1 aliphatic heterocycles. The van der Waals surface area contributed by atoms with Gasteiger partial charge < -0.3 is 20.1 Å². The average Bonchev–Trinajstić information content (AvgIpc) is 2.45. The van der Waals surface area contributed by atoms with E-state index in [1.165, 1.54) is 11.0 Å². The zero-order valence-electron chi connectivity index (χ0n) is 11.2. The van der Waals surface area contributed by atoms with E-state index in [2.05, 4.69) is 0 Å². The fraction of sp³-hybridized carbons (Fsp3) is 0.462. The summed E-state index contributed by atoms with van der Waals surface area (Å²) in [7, 11) is 0. The second kappa shape index (κ2) is 6.21. The molecule has 1 aromatic rings. The number of carbonyl (C=O) groups is 1. The van der Waals surface area contributed by atoms with Crippen LogP contribution in [-0.2, 0) is 15.7 Å². The number of ether oxygens (including phenoxy) is 2. The molecule has 0 saturated carbocycles. The van der Waals surface area contributed by atoms with Crippen molar-refractivity contribution in [2.45, 2.75) is 6.18 Å². The molecule has 1 aliphatic rings. The monoisotopic (exact) mass is 304 g/mol. The topological polar surface area (TPSA) is 64.8 Å². The van der Waals surface area contributed by atoms with Gasteiger partial charge in [0.25, 0.3) is 5.91 Å². The van der Waals surface area contributed by atoms with Crippen LogP contribution in [0.4, 0.5) is 18.9 Å². The predicted molar refractivity (Wildman–Crippen MR) is 68.8 cm³/mol. The molecule has 5 nitrogen and oxygen atoms in total. The molecule has 1 amide bonds. The highest BCUT2D eigenvalue weighted by Crippen LogP contribution is 2.37. The van der Waals surface area contributed by atoms with Crippen LogP contribution in [0.2, 0.25) is 0 Å². The minimum Gasteiger partial charge on any atom is -0.483 e. The number of nitrogen functional groups attached to an aromatic ring is 1. The number of hydrogen-bond donors (Lipinski definition) is 1. The summed E-state index contributed by atoms with van der Waals surface area (Å²) in [5.41, 5.74) is 4.34. The Bertz CT molecular complexity index is 514. The van der Waals surface area contributed by atoms with Crippen molar-refractivity contribution in [3.63, 3.8) is 0 Å². The number of benzene rings is 1. The van der Waals surface area contributed by atoms with E-state index in [-0.39, 0.29) is 11.6 Å². The maximum absolute atomic E-state index is 12.9. The van der Waals surface area contributed by atoms with Crippen molar-refractivity contribution in [1.29, 1.82) is 0 Å². The number of rotatable bonds is 3. The summed E-state index contributed by atoms with van der Waals surface area (Å²) in [4.78, 5) is 13.3. The molecule has 116 valence electrons. The second-order valence-corrected chi connectivity index (χ2v) is 4.54. The van der Waals surface area contributed by atoms with Crippen LogP contribution >= 0.6 is 0 Å².